The van der Waals surface area contributed by atoms with E-state index in [0.717, 1.165) is 11.7 Å². The highest BCUT2D eigenvalue weighted by Crippen LogP contribution is 2.58. The summed E-state index contributed by atoms with van der Waals surface area (Å²) in [6, 6.07) is 40.6. The van der Waals surface area contributed by atoms with Crippen molar-refractivity contribution in [1.29, 1.82) is 0 Å². The minimum Gasteiger partial charge on any atom is -0.295 e. The van der Waals surface area contributed by atoms with Gasteiger partial charge in [-0.15, -0.1) is 0 Å². The van der Waals surface area contributed by atoms with Crippen LogP contribution in [0.5, 0.6) is 0 Å². The molecule has 0 fully saturated rings. The molecule has 0 amide bonds. The predicted octanol–water partition coefficient (Wildman–Crippen LogP) is 5.38. The third-order valence-electron chi connectivity index (χ3n) is 5.34. The van der Waals surface area contributed by atoms with Crippen LogP contribution in [0, 0.1) is 0 Å². The van der Waals surface area contributed by atoms with Crippen molar-refractivity contribution in [1.82, 2.24) is 0 Å². The van der Waals surface area contributed by atoms with Crippen LogP contribution < -0.4 is 15.9 Å². The molecular weight excluding hydrogens is 371 g/mol. The standard InChI is InChI=1S/C27H24OP/c1-22(28)24-13-11-12-23(20-24)21-29(25-14-5-2-6-15-25,26-16-7-3-8-17-26)27-18-9-4-10-19-27/h2-20H,21H2,1H3/q+1. The molecule has 0 aliphatic rings. The van der Waals surface area contributed by atoms with E-state index in [1.807, 2.05) is 12.1 Å². The van der Waals surface area contributed by atoms with Gasteiger partial charge in [0.25, 0.3) is 0 Å². The first-order valence-electron chi connectivity index (χ1n) is 9.85. The Morgan fingerprint density at radius 3 is 1.48 bits per heavy atom. The molecule has 2 heteroatoms. The van der Waals surface area contributed by atoms with E-state index in [9.17, 15) is 4.79 Å². The number of benzene rings is 4. The Bertz CT molecular complexity index is 992. The Kier molecular flexibility index (Phi) is 5.69. The average molecular weight is 395 g/mol. The maximum Gasteiger partial charge on any atom is 0.159 e. The molecule has 0 spiro atoms. The van der Waals surface area contributed by atoms with E-state index >= 15 is 0 Å². The summed E-state index contributed by atoms with van der Waals surface area (Å²) >= 11 is 0. The van der Waals surface area contributed by atoms with E-state index < -0.39 is 7.26 Å². The lowest BCUT2D eigenvalue weighted by atomic mass is 10.1. The number of carbonyl (C=O) groups excluding carboxylic acids is 1. The third kappa shape index (κ3) is 3.92. The lowest BCUT2D eigenvalue weighted by Crippen LogP contribution is -2.32. The predicted molar refractivity (Wildman–Crippen MR) is 125 cm³/mol. The number of hydrogen-bond donors (Lipinski definition) is 0. The molecule has 0 saturated heterocycles. The van der Waals surface area contributed by atoms with Gasteiger partial charge in [0.2, 0.25) is 0 Å². The quantitative estimate of drug-likeness (QED) is 0.316. The van der Waals surface area contributed by atoms with Crippen molar-refractivity contribution < 1.29 is 4.79 Å². The molecule has 0 aliphatic heterocycles. The van der Waals surface area contributed by atoms with Crippen LogP contribution >= 0.6 is 7.26 Å². The summed E-state index contributed by atoms with van der Waals surface area (Å²) in [6.07, 6.45) is 0.881. The maximum absolute atomic E-state index is 12.0. The molecule has 0 radical (unpaired) electrons. The monoisotopic (exact) mass is 395 g/mol. The molecule has 0 aromatic heterocycles. The highest BCUT2D eigenvalue weighted by Gasteiger charge is 2.45. The van der Waals surface area contributed by atoms with Gasteiger partial charge in [0.05, 0.1) is 6.16 Å². The van der Waals surface area contributed by atoms with Gasteiger partial charge in [-0.05, 0) is 55.0 Å². The Hall–Kier alpha value is -3.02. The van der Waals surface area contributed by atoms with Gasteiger partial charge in [0, 0.05) is 5.56 Å². The van der Waals surface area contributed by atoms with Crippen molar-refractivity contribution >= 4 is 29.0 Å². The SMILES string of the molecule is CC(=O)c1cccc(C[P+](c2ccccc2)(c2ccccc2)c2ccccc2)c1. The largest absolute Gasteiger partial charge is 0.295 e. The molecule has 0 bridgehead atoms. The van der Waals surface area contributed by atoms with Crippen LogP contribution in [0.15, 0.2) is 115 Å². The van der Waals surface area contributed by atoms with Crippen LogP contribution in [-0.2, 0) is 6.16 Å². The Balaban J connectivity index is 1.98. The van der Waals surface area contributed by atoms with Gasteiger partial charge in [-0.2, -0.15) is 0 Å². The number of rotatable bonds is 6. The van der Waals surface area contributed by atoms with Crippen molar-refractivity contribution in [2.24, 2.45) is 0 Å². The first-order valence-corrected chi connectivity index (χ1v) is 11.8. The van der Waals surface area contributed by atoms with E-state index in [-0.39, 0.29) is 5.78 Å². The smallest absolute Gasteiger partial charge is 0.159 e. The van der Waals surface area contributed by atoms with Gasteiger partial charge in [-0.3, -0.25) is 4.79 Å². The second kappa shape index (κ2) is 8.55. The molecule has 0 N–H and O–H groups in total. The first-order chi connectivity index (χ1) is 14.2. The molecular formula is C27H24OP+. The number of ketones is 1. The highest BCUT2D eigenvalue weighted by atomic mass is 31.2. The zero-order valence-corrected chi connectivity index (χ0v) is 17.4. The van der Waals surface area contributed by atoms with E-state index in [2.05, 4.69) is 103 Å². The van der Waals surface area contributed by atoms with Gasteiger partial charge >= 0.3 is 0 Å². The minimum atomic E-state index is -1.94. The zero-order chi connectivity index (χ0) is 20.1. The second-order valence-electron chi connectivity index (χ2n) is 7.23. The molecule has 4 aromatic rings. The highest BCUT2D eigenvalue weighted by molar-refractivity contribution is 7.95. The molecule has 0 unspecified atom stereocenters. The molecule has 0 saturated carbocycles. The molecule has 4 rings (SSSR count). The molecule has 29 heavy (non-hydrogen) atoms. The number of carbonyl (C=O) groups is 1. The van der Waals surface area contributed by atoms with Gasteiger partial charge in [-0.25, -0.2) is 0 Å². The van der Waals surface area contributed by atoms with Crippen LogP contribution in [0.1, 0.15) is 22.8 Å². The van der Waals surface area contributed by atoms with Gasteiger partial charge in [0.15, 0.2) is 5.78 Å². The fourth-order valence-electron chi connectivity index (χ4n) is 3.93. The number of hydrogen-bond acceptors (Lipinski definition) is 1. The lowest BCUT2D eigenvalue weighted by Gasteiger charge is -2.28. The third-order valence-corrected chi connectivity index (χ3v) is 9.72. The molecule has 0 heterocycles. The topological polar surface area (TPSA) is 17.1 Å². The fraction of sp³-hybridized carbons (Fsp3) is 0.0741. The van der Waals surface area contributed by atoms with Gasteiger partial charge in [0.1, 0.15) is 23.2 Å². The molecule has 0 aliphatic carbocycles. The van der Waals surface area contributed by atoms with Crippen LogP contribution in [-0.4, -0.2) is 5.78 Å². The van der Waals surface area contributed by atoms with Crippen LogP contribution in [0.4, 0.5) is 0 Å². The second-order valence-corrected chi connectivity index (χ2v) is 10.7. The van der Waals surface area contributed by atoms with Crippen molar-refractivity contribution in [3.63, 3.8) is 0 Å². The van der Waals surface area contributed by atoms with Crippen LogP contribution in [0.3, 0.4) is 0 Å². The Labute approximate surface area is 173 Å². The molecule has 1 nitrogen and oxygen atoms in total. The molecule has 142 valence electrons. The minimum absolute atomic E-state index is 0.106. The average Bonchev–Trinajstić information content (AvgIpc) is 2.79. The zero-order valence-electron chi connectivity index (χ0n) is 16.5. The fourth-order valence-corrected chi connectivity index (χ4v) is 8.16. The van der Waals surface area contributed by atoms with E-state index in [1.54, 1.807) is 6.92 Å². The molecule has 0 atom stereocenters. The summed E-state index contributed by atoms with van der Waals surface area (Å²) in [7, 11) is -1.94. The summed E-state index contributed by atoms with van der Waals surface area (Å²) in [4.78, 5) is 12.0. The van der Waals surface area contributed by atoms with Crippen molar-refractivity contribution in [3.05, 3.63) is 126 Å². The summed E-state index contributed by atoms with van der Waals surface area (Å²) in [6.45, 7) is 1.63. The number of Topliss-reactive ketones (excluding diaryl/α,β-unsaturated/α-hetero) is 1. The first kappa shape index (κ1) is 19.3. The van der Waals surface area contributed by atoms with Crippen LogP contribution in [0.25, 0.3) is 0 Å². The summed E-state index contributed by atoms with van der Waals surface area (Å²) < 4.78 is 0. The van der Waals surface area contributed by atoms with Crippen molar-refractivity contribution in [2.45, 2.75) is 13.1 Å². The van der Waals surface area contributed by atoms with Gasteiger partial charge < -0.3 is 0 Å². The summed E-state index contributed by atoms with van der Waals surface area (Å²) in [5.41, 5.74) is 1.97. The van der Waals surface area contributed by atoms with Gasteiger partial charge in [-0.1, -0.05) is 72.8 Å². The Morgan fingerprint density at radius 2 is 1.07 bits per heavy atom. The van der Waals surface area contributed by atoms with E-state index in [1.165, 1.54) is 21.5 Å². The summed E-state index contributed by atoms with van der Waals surface area (Å²) in [5.74, 6) is 0.106. The lowest BCUT2D eigenvalue weighted by molar-refractivity contribution is 0.101. The Morgan fingerprint density at radius 1 is 0.621 bits per heavy atom. The summed E-state index contributed by atoms with van der Waals surface area (Å²) in [5, 5.41) is 4.06. The van der Waals surface area contributed by atoms with E-state index in [4.69, 9.17) is 0 Å². The van der Waals surface area contributed by atoms with E-state index in [0.29, 0.717) is 0 Å². The van der Waals surface area contributed by atoms with Crippen molar-refractivity contribution in [3.8, 4) is 0 Å². The van der Waals surface area contributed by atoms with Crippen molar-refractivity contribution in [2.75, 3.05) is 0 Å². The molecule has 4 aromatic carbocycles. The normalized spacial score (nSPS) is 11.2. The maximum atomic E-state index is 12.0. The van der Waals surface area contributed by atoms with Crippen LogP contribution in [0.2, 0.25) is 0 Å².